The second-order valence-electron chi connectivity index (χ2n) is 5.18. The predicted octanol–water partition coefficient (Wildman–Crippen LogP) is 1.02. The van der Waals surface area contributed by atoms with Crippen molar-refractivity contribution < 1.29 is 9.90 Å². The minimum Gasteiger partial charge on any atom is -0.480 e. The lowest BCUT2D eigenvalue weighted by molar-refractivity contribution is -0.138. The molecule has 1 aliphatic heterocycles. The molecule has 0 aromatic heterocycles. The first kappa shape index (κ1) is 11.9. The molecule has 2 rings (SSSR count). The summed E-state index contributed by atoms with van der Waals surface area (Å²) in [7, 11) is 2.16. The van der Waals surface area contributed by atoms with Gasteiger partial charge >= 0.3 is 5.97 Å². The second-order valence-corrected chi connectivity index (χ2v) is 5.18. The second kappa shape index (κ2) is 5.15. The number of carboxylic acids is 1. The number of hydrogen-bond acceptors (Lipinski definition) is 3. The van der Waals surface area contributed by atoms with Crippen molar-refractivity contribution in [1.29, 1.82) is 0 Å². The third-order valence-electron chi connectivity index (χ3n) is 3.77. The summed E-state index contributed by atoms with van der Waals surface area (Å²) in [4.78, 5) is 15.4. The molecule has 1 saturated carbocycles. The molecule has 4 nitrogen and oxygen atoms in total. The molecule has 1 N–H and O–H groups in total. The number of carbonyl (C=O) groups is 1. The van der Waals surface area contributed by atoms with Gasteiger partial charge in [-0.1, -0.05) is 6.42 Å². The SMILES string of the molecule is CN1CCCCC1CN(CC(=O)O)C1CC1. The summed E-state index contributed by atoms with van der Waals surface area (Å²) < 4.78 is 0. The summed E-state index contributed by atoms with van der Waals surface area (Å²) in [5, 5.41) is 8.90. The van der Waals surface area contributed by atoms with Crippen LogP contribution in [0.15, 0.2) is 0 Å². The zero-order valence-electron chi connectivity index (χ0n) is 10.1. The third kappa shape index (κ3) is 3.19. The molecule has 1 atom stereocenters. The van der Waals surface area contributed by atoms with Crippen LogP contribution in [-0.2, 0) is 4.79 Å². The van der Waals surface area contributed by atoms with Crippen LogP contribution in [0.5, 0.6) is 0 Å². The van der Waals surface area contributed by atoms with Crippen molar-refractivity contribution in [3.63, 3.8) is 0 Å². The molecule has 0 bridgehead atoms. The molecule has 1 heterocycles. The smallest absolute Gasteiger partial charge is 0.317 e. The average molecular weight is 226 g/mol. The molecular formula is C12H22N2O2. The van der Waals surface area contributed by atoms with Gasteiger partial charge in [-0.3, -0.25) is 9.69 Å². The van der Waals surface area contributed by atoms with E-state index in [4.69, 9.17) is 5.11 Å². The minimum atomic E-state index is -0.689. The number of hydrogen-bond donors (Lipinski definition) is 1. The van der Waals surface area contributed by atoms with Crippen LogP contribution in [-0.4, -0.2) is 59.6 Å². The monoisotopic (exact) mass is 226 g/mol. The highest BCUT2D eigenvalue weighted by molar-refractivity contribution is 5.69. The van der Waals surface area contributed by atoms with E-state index >= 15 is 0 Å². The first-order valence-corrected chi connectivity index (χ1v) is 6.33. The molecular weight excluding hydrogens is 204 g/mol. The molecule has 1 saturated heterocycles. The number of rotatable bonds is 5. The Kier molecular flexibility index (Phi) is 3.82. The van der Waals surface area contributed by atoms with E-state index in [2.05, 4.69) is 16.8 Å². The van der Waals surface area contributed by atoms with Crippen molar-refractivity contribution in [2.45, 2.75) is 44.2 Å². The van der Waals surface area contributed by atoms with E-state index in [1.165, 1.54) is 32.1 Å². The highest BCUT2D eigenvalue weighted by Gasteiger charge is 2.33. The van der Waals surface area contributed by atoms with Gasteiger partial charge in [0.25, 0.3) is 0 Å². The van der Waals surface area contributed by atoms with Gasteiger partial charge in [0.1, 0.15) is 0 Å². The van der Waals surface area contributed by atoms with Gasteiger partial charge in [0.15, 0.2) is 0 Å². The van der Waals surface area contributed by atoms with Gasteiger partial charge in [-0.15, -0.1) is 0 Å². The predicted molar refractivity (Wildman–Crippen MR) is 62.5 cm³/mol. The van der Waals surface area contributed by atoms with Crippen LogP contribution in [0.3, 0.4) is 0 Å². The number of piperidine rings is 1. The number of nitrogens with zero attached hydrogens (tertiary/aromatic N) is 2. The average Bonchev–Trinajstić information content (AvgIpc) is 3.03. The maximum atomic E-state index is 10.8. The van der Waals surface area contributed by atoms with E-state index in [9.17, 15) is 4.79 Å². The molecule has 1 unspecified atom stereocenters. The number of carboxylic acid groups (broad SMARTS) is 1. The van der Waals surface area contributed by atoms with Crippen LogP contribution in [0.1, 0.15) is 32.1 Å². The number of aliphatic carboxylic acids is 1. The van der Waals surface area contributed by atoms with Crippen LogP contribution in [0.25, 0.3) is 0 Å². The molecule has 0 amide bonds. The van der Waals surface area contributed by atoms with Crippen molar-refractivity contribution in [1.82, 2.24) is 9.80 Å². The van der Waals surface area contributed by atoms with Crippen molar-refractivity contribution in [3.05, 3.63) is 0 Å². The lowest BCUT2D eigenvalue weighted by Crippen LogP contribution is -2.46. The van der Waals surface area contributed by atoms with Crippen molar-refractivity contribution in [3.8, 4) is 0 Å². The summed E-state index contributed by atoms with van der Waals surface area (Å²) in [5.74, 6) is -0.689. The molecule has 4 heteroatoms. The molecule has 16 heavy (non-hydrogen) atoms. The highest BCUT2D eigenvalue weighted by atomic mass is 16.4. The minimum absolute atomic E-state index is 0.217. The quantitative estimate of drug-likeness (QED) is 0.760. The fourth-order valence-corrected chi connectivity index (χ4v) is 2.60. The molecule has 0 spiro atoms. The van der Waals surface area contributed by atoms with Crippen molar-refractivity contribution >= 4 is 5.97 Å². The Hall–Kier alpha value is -0.610. The summed E-state index contributed by atoms with van der Waals surface area (Å²) in [6, 6.07) is 1.11. The van der Waals surface area contributed by atoms with Gasteiger partial charge in [-0.2, -0.15) is 0 Å². The summed E-state index contributed by atoms with van der Waals surface area (Å²) in [6.45, 7) is 2.32. The van der Waals surface area contributed by atoms with E-state index in [1.807, 2.05) is 0 Å². The van der Waals surface area contributed by atoms with E-state index in [1.54, 1.807) is 0 Å². The molecule has 1 aliphatic carbocycles. The van der Waals surface area contributed by atoms with E-state index in [0.717, 1.165) is 13.1 Å². The van der Waals surface area contributed by atoms with Crippen LogP contribution < -0.4 is 0 Å². The van der Waals surface area contributed by atoms with Crippen LogP contribution >= 0.6 is 0 Å². The maximum absolute atomic E-state index is 10.8. The molecule has 2 aliphatic rings. The molecule has 0 aromatic rings. The zero-order valence-corrected chi connectivity index (χ0v) is 10.1. The van der Waals surface area contributed by atoms with Gasteiger partial charge < -0.3 is 10.0 Å². The van der Waals surface area contributed by atoms with Crippen molar-refractivity contribution in [2.24, 2.45) is 0 Å². The lowest BCUT2D eigenvalue weighted by atomic mass is 10.0. The number of likely N-dealkylation sites (tertiary alicyclic amines) is 1. The van der Waals surface area contributed by atoms with Crippen molar-refractivity contribution in [2.75, 3.05) is 26.7 Å². The van der Waals surface area contributed by atoms with Gasteiger partial charge in [-0.05, 0) is 39.3 Å². The van der Waals surface area contributed by atoms with Crippen LogP contribution in [0, 0.1) is 0 Å². The molecule has 2 fully saturated rings. The Morgan fingerprint density at radius 2 is 2.12 bits per heavy atom. The molecule has 92 valence electrons. The Morgan fingerprint density at radius 1 is 1.38 bits per heavy atom. The Labute approximate surface area is 97.2 Å². The Balaban J connectivity index is 1.86. The Bertz CT molecular complexity index is 253. The van der Waals surface area contributed by atoms with Gasteiger partial charge in [-0.25, -0.2) is 0 Å². The van der Waals surface area contributed by atoms with Crippen LogP contribution in [0.4, 0.5) is 0 Å². The first-order chi connectivity index (χ1) is 7.66. The lowest BCUT2D eigenvalue weighted by Gasteiger charge is -2.36. The Morgan fingerprint density at radius 3 is 2.69 bits per heavy atom. The maximum Gasteiger partial charge on any atom is 0.317 e. The third-order valence-corrected chi connectivity index (χ3v) is 3.77. The van der Waals surface area contributed by atoms with Gasteiger partial charge in [0.05, 0.1) is 6.54 Å². The number of likely N-dealkylation sites (N-methyl/N-ethyl adjacent to an activating group) is 1. The summed E-state index contributed by atoms with van der Waals surface area (Å²) in [6.07, 6.45) is 6.17. The molecule has 0 radical (unpaired) electrons. The van der Waals surface area contributed by atoms with E-state index in [0.29, 0.717) is 12.1 Å². The fourth-order valence-electron chi connectivity index (χ4n) is 2.60. The topological polar surface area (TPSA) is 43.8 Å². The van der Waals surface area contributed by atoms with E-state index in [-0.39, 0.29) is 6.54 Å². The standard InChI is InChI=1S/C12H22N2O2/c1-13-7-3-2-4-11(13)8-14(9-12(15)16)10-5-6-10/h10-11H,2-9H2,1H3,(H,15,16). The highest BCUT2D eigenvalue weighted by Crippen LogP contribution is 2.28. The van der Waals surface area contributed by atoms with E-state index < -0.39 is 5.97 Å². The normalized spacial score (nSPS) is 27.2. The van der Waals surface area contributed by atoms with Gasteiger partial charge in [0.2, 0.25) is 0 Å². The largest absolute Gasteiger partial charge is 0.480 e. The fraction of sp³-hybridized carbons (Fsp3) is 0.917. The summed E-state index contributed by atoms with van der Waals surface area (Å²) in [5.41, 5.74) is 0. The zero-order chi connectivity index (χ0) is 11.5. The summed E-state index contributed by atoms with van der Waals surface area (Å²) >= 11 is 0. The first-order valence-electron chi connectivity index (χ1n) is 6.33. The van der Waals surface area contributed by atoms with Crippen LogP contribution in [0.2, 0.25) is 0 Å². The van der Waals surface area contributed by atoms with Gasteiger partial charge in [0, 0.05) is 18.6 Å². The molecule has 0 aromatic carbocycles.